The van der Waals surface area contributed by atoms with Crippen molar-refractivity contribution in [2.24, 2.45) is 0 Å². The van der Waals surface area contributed by atoms with Crippen LogP contribution in [-0.4, -0.2) is 54.0 Å². The molecule has 0 aromatic carbocycles. The van der Waals surface area contributed by atoms with Gasteiger partial charge in [-0.3, -0.25) is 0 Å². The van der Waals surface area contributed by atoms with Crippen molar-refractivity contribution in [2.75, 3.05) is 31.1 Å². The molecule has 0 spiro atoms. The normalized spacial score (nSPS) is 16.4. The van der Waals surface area contributed by atoms with E-state index >= 15 is 0 Å². The summed E-state index contributed by atoms with van der Waals surface area (Å²) in [5, 5.41) is 3.71. The fourth-order valence-corrected chi connectivity index (χ4v) is 4.69. The van der Waals surface area contributed by atoms with Gasteiger partial charge < -0.3 is 9.42 Å². The van der Waals surface area contributed by atoms with E-state index in [-0.39, 0.29) is 29.6 Å². The third kappa shape index (κ3) is 3.11. The van der Waals surface area contributed by atoms with Gasteiger partial charge in [-0.15, -0.1) is 0 Å². The number of halogens is 1. The molecule has 25 heavy (non-hydrogen) atoms. The molecule has 0 bridgehead atoms. The van der Waals surface area contributed by atoms with Gasteiger partial charge in [0.2, 0.25) is 10.0 Å². The van der Waals surface area contributed by atoms with E-state index in [0.717, 1.165) is 0 Å². The van der Waals surface area contributed by atoms with E-state index in [2.05, 4.69) is 15.1 Å². The third-order valence-corrected chi connectivity index (χ3v) is 6.43. The summed E-state index contributed by atoms with van der Waals surface area (Å²) in [7, 11) is -3.68. The third-order valence-electron chi connectivity index (χ3n) is 4.28. The highest BCUT2D eigenvalue weighted by Crippen LogP contribution is 2.26. The Balaban J connectivity index is 1.79. The molecular weight excluding hydrogens is 349 g/mol. The van der Waals surface area contributed by atoms with Crippen LogP contribution in [0.2, 0.25) is 0 Å². The summed E-state index contributed by atoms with van der Waals surface area (Å²) in [6.45, 7) is 6.16. The first-order valence-corrected chi connectivity index (χ1v) is 9.47. The highest BCUT2D eigenvalue weighted by molar-refractivity contribution is 7.89. The van der Waals surface area contributed by atoms with E-state index in [1.807, 2.05) is 6.92 Å². The maximum atomic E-state index is 14.4. The fourth-order valence-electron chi connectivity index (χ4n) is 2.97. The number of anilines is 1. The zero-order valence-electron chi connectivity index (χ0n) is 14.4. The number of hydrogen-bond donors (Lipinski definition) is 0. The van der Waals surface area contributed by atoms with Crippen molar-refractivity contribution >= 4 is 15.8 Å². The van der Waals surface area contributed by atoms with E-state index in [1.165, 1.54) is 10.6 Å². The molecule has 0 N–H and O–H groups in total. The van der Waals surface area contributed by atoms with E-state index in [0.29, 0.717) is 30.9 Å². The van der Waals surface area contributed by atoms with Gasteiger partial charge in [-0.1, -0.05) is 12.1 Å². The Labute approximate surface area is 145 Å². The molecule has 136 valence electrons. The maximum absolute atomic E-state index is 14.4. The number of piperazine rings is 1. The molecule has 0 unspecified atom stereocenters. The number of aromatic nitrogens is 3. The molecule has 1 fully saturated rings. The molecule has 0 saturated carbocycles. The zero-order chi connectivity index (χ0) is 18.2. The monoisotopic (exact) mass is 369 g/mol. The summed E-state index contributed by atoms with van der Waals surface area (Å²) in [5.41, 5.74) is 0.699. The predicted octanol–water partition coefficient (Wildman–Crippen LogP) is 1.29. The van der Waals surface area contributed by atoms with E-state index < -0.39 is 15.8 Å². The standard InChI is InChI=1S/C15H20FN5O3S/c1-4-12-13(16)15(18-9-17-12)20-5-7-21(8-6-20)25(22,23)14-10(2)19-24-11(14)3/h9H,4-8H2,1-3H3. The summed E-state index contributed by atoms with van der Waals surface area (Å²) in [6.07, 6.45) is 1.81. The van der Waals surface area contributed by atoms with Gasteiger partial charge in [0.15, 0.2) is 17.4 Å². The smallest absolute Gasteiger partial charge is 0.248 e. The van der Waals surface area contributed by atoms with Crippen molar-refractivity contribution in [3.63, 3.8) is 0 Å². The van der Waals surface area contributed by atoms with Crippen molar-refractivity contribution < 1.29 is 17.3 Å². The zero-order valence-corrected chi connectivity index (χ0v) is 15.2. The average molecular weight is 369 g/mol. The van der Waals surface area contributed by atoms with Gasteiger partial charge in [0, 0.05) is 26.2 Å². The van der Waals surface area contributed by atoms with Crippen LogP contribution in [0.25, 0.3) is 0 Å². The topological polar surface area (TPSA) is 92.4 Å². The Morgan fingerprint density at radius 3 is 2.44 bits per heavy atom. The SMILES string of the molecule is CCc1ncnc(N2CCN(S(=O)(=O)c3c(C)noc3C)CC2)c1F. The lowest BCUT2D eigenvalue weighted by molar-refractivity contribution is 0.376. The quantitative estimate of drug-likeness (QED) is 0.802. The number of rotatable bonds is 4. The molecule has 0 radical (unpaired) electrons. The van der Waals surface area contributed by atoms with Crippen LogP contribution in [0.3, 0.4) is 0 Å². The molecule has 0 atom stereocenters. The summed E-state index contributed by atoms with van der Waals surface area (Å²) in [6, 6.07) is 0. The molecule has 10 heteroatoms. The first kappa shape index (κ1) is 17.7. The Bertz CT molecular complexity index is 856. The van der Waals surface area contributed by atoms with Gasteiger partial charge in [-0.25, -0.2) is 22.8 Å². The summed E-state index contributed by atoms with van der Waals surface area (Å²) in [4.78, 5) is 9.80. The van der Waals surface area contributed by atoms with Crippen LogP contribution in [0.4, 0.5) is 10.2 Å². The van der Waals surface area contributed by atoms with E-state index in [4.69, 9.17) is 4.52 Å². The minimum absolute atomic E-state index is 0.113. The maximum Gasteiger partial charge on any atom is 0.248 e. The molecular formula is C15H20FN5O3S. The average Bonchev–Trinajstić information content (AvgIpc) is 2.94. The first-order chi connectivity index (χ1) is 11.9. The van der Waals surface area contributed by atoms with Crippen LogP contribution < -0.4 is 4.90 Å². The van der Waals surface area contributed by atoms with Gasteiger partial charge in [0.25, 0.3) is 0 Å². The number of nitrogens with zero attached hydrogens (tertiary/aromatic N) is 5. The minimum atomic E-state index is -3.68. The van der Waals surface area contributed by atoms with Gasteiger partial charge in [0.05, 0.1) is 5.69 Å². The summed E-state index contributed by atoms with van der Waals surface area (Å²) >= 11 is 0. The molecule has 0 amide bonds. The molecule has 2 aromatic rings. The van der Waals surface area contributed by atoms with Gasteiger partial charge in [0.1, 0.15) is 16.9 Å². The van der Waals surface area contributed by atoms with Crippen LogP contribution in [0.15, 0.2) is 15.7 Å². The lowest BCUT2D eigenvalue weighted by Crippen LogP contribution is -2.49. The molecule has 1 aliphatic heterocycles. The Kier molecular flexibility index (Phi) is 4.74. The Morgan fingerprint density at radius 1 is 1.20 bits per heavy atom. The first-order valence-electron chi connectivity index (χ1n) is 8.03. The highest BCUT2D eigenvalue weighted by atomic mass is 32.2. The van der Waals surface area contributed by atoms with E-state index in [1.54, 1.807) is 18.7 Å². The van der Waals surface area contributed by atoms with Crippen LogP contribution in [-0.2, 0) is 16.4 Å². The van der Waals surface area contributed by atoms with Crippen molar-refractivity contribution in [3.05, 3.63) is 29.3 Å². The Morgan fingerprint density at radius 2 is 1.88 bits per heavy atom. The van der Waals surface area contributed by atoms with E-state index in [9.17, 15) is 12.8 Å². The van der Waals surface area contributed by atoms with Crippen molar-refractivity contribution in [1.29, 1.82) is 0 Å². The summed E-state index contributed by atoms with van der Waals surface area (Å²) < 4.78 is 46.4. The van der Waals surface area contributed by atoms with Crippen LogP contribution in [0.5, 0.6) is 0 Å². The summed E-state index contributed by atoms with van der Waals surface area (Å²) in [5.74, 6) is 0.0580. The largest absolute Gasteiger partial charge is 0.360 e. The molecule has 2 aromatic heterocycles. The van der Waals surface area contributed by atoms with Gasteiger partial charge >= 0.3 is 0 Å². The lowest BCUT2D eigenvalue weighted by atomic mass is 10.2. The van der Waals surface area contributed by atoms with Crippen molar-refractivity contribution in [1.82, 2.24) is 19.4 Å². The number of aryl methyl sites for hydroxylation is 3. The minimum Gasteiger partial charge on any atom is -0.360 e. The second kappa shape index (κ2) is 6.68. The van der Waals surface area contributed by atoms with Gasteiger partial charge in [-0.05, 0) is 20.3 Å². The molecule has 8 nitrogen and oxygen atoms in total. The molecule has 0 aliphatic carbocycles. The lowest BCUT2D eigenvalue weighted by Gasteiger charge is -2.34. The van der Waals surface area contributed by atoms with Crippen molar-refractivity contribution in [2.45, 2.75) is 32.1 Å². The second-order valence-electron chi connectivity index (χ2n) is 5.86. The molecule has 3 heterocycles. The Hall–Kier alpha value is -2.07. The van der Waals surface area contributed by atoms with Crippen LogP contribution >= 0.6 is 0 Å². The van der Waals surface area contributed by atoms with Crippen LogP contribution in [0, 0.1) is 19.7 Å². The molecule has 1 aliphatic rings. The second-order valence-corrected chi connectivity index (χ2v) is 7.73. The highest BCUT2D eigenvalue weighted by Gasteiger charge is 2.34. The van der Waals surface area contributed by atoms with Crippen LogP contribution in [0.1, 0.15) is 24.1 Å². The number of sulfonamides is 1. The molecule has 3 rings (SSSR count). The van der Waals surface area contributed by atoms with Crippen molar-refractivity contribution in [3.8, 4) is 0 Å². The van der Waals surface area contributed by atoms with Gasteiger partial charge in [-0.2, -0.15) is 4.31 Å². The predicted molar refractivity (Wildman–Crippen MR) is 88.3 cm³/mol. The number of hydrogen-bond acceptors (Lipinski definition) is 7. The fraction of sp³-hybridized carbons (Fsp3) is 0.533. The molecule has 1 saturated heterocycles.